The molecule has 0 saturated carbocycles. The molecule has 0 fully saturated rings. The number of rotatable bonds is 39. The first kappa shape index (κ1) is 51.9. The van der Waals surface area contributed by atoms with E-state index in [0.29, 0.717) is 25.7 Å². The number of ether oxygens (including phenoxy) is 2. The minimum Gasteiger partial charge on any atom is -0.462 e. The average molecular weight is 784 g/mol. The van der Waals surface area contributed by atoms with Crippen LogP contribution in [0.4, 0.5) is 0 Å². The third-order valence-electron chi connectivity index (χ3n) is 8.80. The minimum atomic E-state index is -4.41. The van der Waals surface area contributed by atoms with Crippen LogP contribution in [0.15, 0.2) is 48.6 Å². The third-order valence-corrected chi connectivity index (χ3v) is 9.78. The Morgan fingerprint density at radius 3 is 1.83 bits per heavy atom. The Hall–Kier alpha value is -2.07. The predicted molar refractivity (Wildman–Crippen MR) is 221 cm³/mol. The molecular weight excluding hydrogens is 705 g/mol. The predicted octanol–water partition coefficient (Wildman–Crippen LogP) is 10.9. The standard InChI is InChI=1S/C43H78NO9P/c1-3-5-7-9-11-13-15-16-17-18-19-21-23-25-30-34-42(46)50-38-41(39-52-54(48,49)51-37-36-44)53-43(47)35-31-27-26-29-33-40(45)32-28-24-22-20-14-12-10-8-6-4-2/h12,14,22,24,26,28-29,32,40-41,45H,3-11,13,15-21,23,25,27,30-31,33-39,44H2,1-2H3,(H,48,49)/b14-12-,24-22-,29-26-,32-28-. The summed E-state index contributed by atoms with van der Waals surface area (Å²) in [5, 5.41) is 10.1. The molecule has 314 valence electrons. The number of unbranched alkanes of at least 4 members (excludes halogenated alkanes) is 18. The van der Waals surface area contributed by atoms with Gasteiger partial charge in [-0.05, 0) is 44.9 Å². The van der Waals surface area contributed by atoms with Gasteiger partial charge in [0.2, 0.25) is 0 Å². The number of nitrogens with two attached hydrogens (primary N) is 1. The Bertz CT molecular complexity index is 1050. The lowest BCUT2D eigenvalue weighted by Crippen LogP contribution is -2.29. The van der Waals surface area contributed by atoms with E-state index in [0.717, 1.165) is 25.7 Å². The average Bonchev–Trinajstić information content (AvgIpc) is 3.15. The fraction of sp³-hybridized carbons (Fsp3) is 0.767. The molecule has 0 bridgehead atoms. The van der Waals surface area contributed by atoms with E-state index in [1.54, 1.807) is 6.08 Å². The first-order valence-electron chi connectivity index (χ1n) is 21.2. The van der Waals surface area contributed by atoms with Crippen molar-refractivity contribution in [1.29, 1.82) is 0 Å². The summed E-state index contributed by atoms with van der Waals surface area (Å²) in [6.07, 6.45) is 40.2. The zero-order valence-corrected chi connectivity index (χ0v) is 35.0. The molecule has 0 saturated heterocycles. The number of carbonyl (C=O) groups is 2. The van der Waals surface area contributed by atoms with Crippen molar-refractivity contribution in [2.24, 2.45) is 5.73 Å². The third kappa shape index (κ3) is 38.2. The van der Waals surface area contributed by atoms with Crippen LogP contribution >= 0.6 is 7.82 Å². The van der Waals surface area contributed by atoms with Gasteiger partial charge in [-0.25, -0.2) is 4.57 Å². The normalized spacial score (nSPS) is 14.4. The van der Waals surface area contributed by atoms with Gasteiger partial charge in [-0.15, -0.1) is 0 Å². The second kappa shape index (κ2) is 39.2. The van der Waals surface area contributed by atoms with E-state index >= 15 is 0 Å². The molecule has 3 atom stereocenters. The zero-order chi connectivity index (χ0) is 39.8. The second-order valence-corrected chi connectivity index (χ2v) is 15.5. The molecular formula is C43H78NO9P. The maximum absolute atomic E-state index is 12.6. The lowest BCUT2D eigenvalue weighted by molar-refractivity contribution is -0.161. The number of hydrogen-bond donors (Lipinski definition) is 3. The summed E-state index contributed by atoms with van der Waals surface area (Å²) in [5.74, 6) is -0.961. The smallest absolute Gasteiger partial charge is 0.462 e. The molecule has 4 N–H and O–H groups in total. The number of phosphoric acid groups is 1. The Kier molecular flexibility index (Phi) is 37.7. The van der Waals surface area contributed by atoms with Crippen molar-refractivity contribution < 1.29 is 42.7 Å². The van der Waals surface area contributed by atoms with Crippen molar-refractivity contribution in [1.82, 2.24) is 0 Å². The molecule has 0 aliphatic carbocycles. The fourth-order valence-electron chi connectivity index (χ4n) is 5.59. The Labute approximate surface area is 329 Å². The lowest BCUT2D eigenvalue weighted by atomic mass is 10.0. The summed E-state index contributed by atoms with van der Waals surface area (Å²) in [7, 11) is -4.41. The van der Waals surface area contributed by atoms with Gasteiger partial charge in [0.1, 0.15) is 6.61 Å². The molecule has 0 radical (unpaired) electrons. The Morgan fingerprint density at radius 2 is 1.20 bits per heavy atom. The van der Waals surface area contributed by atoms with Crippen LogP contribution in [0.5, 0.6) is 0 Å². The van der Waals surface area contributed by atoms with Gasteiger partial charge in [0.25, 0.3) is 0 Å². The number of esters is 2. The zero-order valence-electron chi connectivity index (χ0n) is 34.1. The maximum atomic E-state index is 12.6. The number of aliphatic hydroxyl groups is 1. The van der Waals surface area contributed by atoms with E-state index in [1.807, 2.05) is 24.3 Å². The van der Waals surface area contributed by atoms with Gasteiger partial charge in [-0.1, -0.05) is 165 Å². The van der Waals surface area contributed by atoms with E-state index in [9.17, 15) is 24.2 Å². The van der Waals surface area contributed by atoms with Crippen LogP contribution in [-0.2, 0) is 32.7 Å². The summed E-state index contributed by atoms with van der Waals surface area (Å²) >= 11 is 0. The summed E-state index contributed by atoms with van der Waals surface area (Å²) in [6.45, 7) is 3.53. The van der Waals surface area contributed by atoms with Crippen molar-refractivity contribution >= 4 is 19.8 Å². The number of hydrogen-bond acceptors (Lipinski definition) is 9. The SMILES string of the molecule is CCCCC/C=C\C/C=C\C=C/C(O)C/C=C\CCCC(=O)OC(COC(=O)CCCCCCCCCCCCCCCCC)COP(=O)(O)OCCN. The molecule has 3 unspecified atom stereocenters. The molecule has 0 rings (SSSR count). The molecule has 54 heavy (non-hydrogen) atoms. The highest BCUT2D eigenvalue weighted by atomic mass is 31.2. The van der Waals surface area contributed by atoms with E-state index in [4.69, 9.17) is 24.3 Å². The minimum absolute atomic E-state index is 0.0298. The maximum Gasteiger partial charge on any atom is 0.472 e. The summed E-state index contributed by atoms with van der Waals surface area (Å²) in [6, 6.07) is 0. The summed E-state index contributed by atoms with van der Waals surface area (Å²) in [5.41, 5.74) is 5.33. The van der Waals surface area contributed by atoms with Gasteiger partial charge in [0.05, 0.1) is 19.3 Å². The number of carbonyl (C=O) groups excluding carboxylic acids is 2. The molecule has 10 nitrogen and oxygen atoms in total. The van der Waals surface area contributed by atoms with Crippen molar-refractivity contribution in [3.05, 3.63) is 48.6 Å². The van der Waals surface area contributed by atoms with Crippen LogP contribution in [0.3, 0.4) is 0 Å². The topological polar surface area (TPSA) is 155 Å². The highest BCUT2D eigenvalue weighted by Crippen LogP contribution is 2.43. The molecule has 0 amide bonds. The van der Waals surface area contributed by atoms with Crippen LogP contribution in [0.2, 0.25) is 0 Å². The first-order chi connectivity index (χ1) is 26.2. The van der Waals surface area contributed by atoms with Crippen LogP contribution in [0.1, 0.15) is 174 Å². The second-order valence-electron chi connectivity index (χ2n) is 14.1. The molecule has 0 heterocycles. The van der Waals surface area contributed by atoms with Crippen molar-refractivity contribution in [3.63, 3.8) is 0 Å². The van der Waals surface area contributed by atoms with E-state index < -0.39 is 38.6 Å². The summed E-state index contributed by atoms with van der Waals surface area (Å²) < 4.78 is 32.6. The van der Waals surface area contributed by atoms with Gasteiger partial charge < -0.3 is 25.2 Å². The van der Waals surface area contributed by atoms with Crippen LogP contribution in [-0.4, -0.2) is 60.5 Å². The quantitative estimate of drug-likeness (QED) is 0.0180. The molecule has 0 aliphatic heterocycles. The first-order valence-corrected chi connectivity index (χ1v) is 22.7. The number of phosphoric ester groups is 1. The van der Waals surface area contributed by atoms with Gasteiger partial charge in [-0.3, -0.25) is 18.6 Å². The van der Waals surface area contributed by atoms with E-state index in [2.05, 4.69) is 32.1 Å². The van der Waals surface area contributed by atoms with Gasteiger partial charge >= 0.3 is 19.8 Å². The molecule has 11 heteroatoms. The largest absolute Gasteiger partial charge is 0.472 e. The molecule has 0 aromatic heterocycles. The highest BCUT2D eigenvalue weighted by molar-refractivity contribution is 7.47. The molecule has 0 spiro atoms. The van der Waals surface area contributed by atoms with Crippen LogP contribution in [0, 0.1) is 0 Å². The monoisotopic (exact) mass is 784 g/mol. The number of aliphatic hydroxyl groups excluding tert-OH is 1. The Morgan fingerprint density at radius 1 is 0.648 bits per heavy atom. The Balaban J connectivity index is 4.35. The van der Waals surface area contributed by atoms with Crippen molar-refractivity contribution in [3.8, 4) is 0 Å². The summed E-state index contributed by atoms with van der Waals surface area (Å²) in [4.78, 5) is 34.8. The molecule has 0 aromatic carbocycles. The highest BCUT2D eigenvalue weighted by Gasteiger charge is 2.26. The van der Waals surface area contributed by atoms with Gasteiger partial charge in [0, 0.05) is 19.4 Å². The van der Waals surface area contributed by atoms with Gasteiger partial charge in [-0.2, -0.15) is 0 Å². The van der Waals surface area contributed by atoms with Crippen molar-refractivity contribution in [2.45, 2.75) is 187 Å². The van der Waals surface area contributed by atoms with E-state index in [-0.39, 0.29) is 32.6 Å². The van der Waals surface area contributed by atoms with Crippen LogP contribution in [0.25, 0.3) is 0 Å². The van der Waals surface area contributed by atoms with Gasteiger partial charge in [0.15, 0.2) is 6.10 Å². The van der Waals surface area contributed by atoms with E-state index in [1.165, 1.54) is 96.3 Å². The number of allylic oxidation sites excluding steroid dienone is 6. The lowest BCUT2D eigenvalue weighted by Gasteiger charge is -2.19. The fourth-order valence-corrected chi connectivity index (χ4v) is 6.36. The van der Waals surface area contributed by atoms with Crippen LogP contribution < -0.4 is 5.73 Å². The molecule has 0 aliphatic rings. The molecule has 0 aromatic rings. The van der Waals surface area contributed by atoms with Crippen molar-refractivity contribution in [2.75, 3.05) is 26.4 Å².